The minimum Gasteiger partial charge on any atom is -0.618 e. The smallest absolute Gasteiger partial charge is 0.411 e. The van der Waals surface area contributed by atoms with Crippen LogP contribution in [-0.2, 0) is 4.74 Å². The Morgan fingerprint density at radius 2 is 1.95 bits per heavy atom. The van der Waals surface area contributed by atoms with Gasteiger partial charge in [-0.15, -0.1) is 10.2 Å². The number of carbonyl (C=O) groups excluding carboxylic acids is 1. The number of carbonyl (C=O) groups is 1. The molecule has 0 radical (unpaired) electrons. The molecule has 1 unspecified atom stereocenters. The molecule has 3 heterocycles. The van der Waals surface area contributed by atoms with Crippen LogP contribution in [0.5, 0.6) is 0 Å². The number of nitrogens with zero attached hydrogens (tertiary/aromatic N) is 8. The van der Waals surface area contributed by atoms with Gasteiger partial charge in [0.2, 0.25) is 5.69 Å². The summed E-state index contributed by atoms with van der Waals surface area (Å²) in [5.41, 5.74) is 3.18. The highest BCUT2D eigenvalue weighted by molar-refractivity contribution is 6.31. The minimum atomic E-state index is -0.685. The second-order valence-electron chi connectivity index (χ2n) is 9.65. The van der Waals surface area contributed by atoms with Crippen molar-refractivity contribution >= 4 is 23.4 Å². The lowest BCUT2D eigenvalue weighted by Crippen LogP contribution is -2.35. The normalized spacial score (nSPS) is 13.6. The fourth-order valence-corrected chi connectivity index (χ4v) is 4.82. The van der Waals surface area contributed by atoms with Crippen molar-refractivity contribution < 1.29 is 18.7 Å². The van der Waals surface area contributed by atoms with Gasteiger partial charge < -0.3 is 9.94 Å². The lowest BCUT2D eigenvalue weighted by molar-refractivity contribution is -0.615. The first kappa shape index (κ1) is 26.3. The van der Waals surface area contributed by atoms with Gasteiger partial charge in [-0.2, -0.15) is 9.41 Å². The number of pyridine rings is 1. The molecule has 3 aromatic heterocycles. The fourth-order valence-electron chi connectivity index (χ4n) is 4.66. The molecule has 6 rings (SSSR count). The van der Waals surface area contributed by atoms with Crippen molar-refractivity contribution in [1.82, 2.24) is 35.2 Å². The first-order valence-electron chi connectivity index (χ1n) is 12.7. The topological polar surface area (TPSA) is 140 Å². The number of methoxy groups -OCH3 is 1. The van der Waals surface area contributed by atoms with E-state index in [1.165, 1.54) is 30.4 Å². The zero-order valence-electron chi connectivity index (χ0n) is 21.7. The van der Waals surface area contributed by atoms with E-state index in [-0.39, 0.29) is 10.6 Å². The molecule has 41 heavy (non-hydrogen) atoms. The number of amides is 1. The second-order valence-corrected chi connectivity index (χ2v) is 10.1. The standard InChI is InChI=1S/C27H23ClFN9O3/c1-41-27(39)31-19-7-4-17(5-8-19)21-14-36(34-32-21)24(12-16-2-3-16)22-10-6-18(13-38(22)40)25-23(37-15-30-33-35-37)11-9-20(28)26(25)29/h4-11,13-16,24H,2-3,12H2,1H3,(H,31,39). The third-order valence-electron chi connectivity index (χ3n) is 6.94. The molecule has 0 spiro atoms. The average molecular weight is 576 g/mol. The summed E-state index contributed by atoms with van der Waals surface area (Å²) in [4.78, 5) is 11.5. The summed E-state index contributed by atoms with van der Waals surface area (Å²) < 4.78 is 23.6. The van der Waals surface area contributed by atoms with E-state index in [9.17, 15) is 10.0 Å². The molecule has 5 aromatic rings. The highest BCUT2D eigenvalue weighted by Gasteiger charge is 2.32. The largest absolute Gasteiger partial charge is 0.618 e. The molecule has 12 nitrogen and oxygen atoms in total. The predicted molar refractivity (Wildman–Crippen MR) is 145 cm³/mol. The van der Waals surface area contributed by atoms with Crippen molar-refractivity contribution in [3.8, 4) is 28.1 Å². The molecule has 2 aromatic carbocycles. The maximum absolute atomic E-state index is 15.3. The highest BCUT2D eigenvalue weighted by atomic mass is 35.5. The summed E-state index contributed by atoms with van der Waals surface area (Å²) in [6, 6.07) is 13.0. The van der Waals surface area contributed by atoms with E-state index in [2.05, 4.69) is 35.9 Å². The van der Waals surface area contributed by atoms with E-state index >= 15 is 4.39 Å². The van der Waals surface area contributed by atoms with Crippen LogP contribution in [0.3, 0.4) is 0 Å². The Morgan fingerprint density at radius 1 is 1.17 bits per heavy atom. The molecule has 1 saturated carbocycles. The maximum atomic E-state index is 15.3. The van der Waals surface area contributed by atoms with Crippen LogP contribution in [0, 0.1) is 16.9 Å². The van der Waals surface area contributed by atoms with Crippen molar-refractivity contribution in [2.75, 3.05) is 12.4 Å². The molecular weight excluding hydrogens is 553 g/mol. The Balaban J connectivity index is 1.33. The summed E-state index contributed by atoms with van der Waals surface area (Å²) in [6.45, 7) is 0. The summed E-state index contributed by atoms with van der Waals surface area (Å²) >= 11 is 6.09. The summed E-state index contributed by atoms with van der Waals surface area (Å²) in [6.07, 6.45) is 6.74. The second kappa shape index (κ2) is 10.9. The number of hydrogen-bond donors (Lipinski definition) is 1. The van der Waals surface area contributed by atoms with E-state index in [1.807, 2.05) is 0 Å². The molecule has 1 atom stereocenters. The number of tetrazole rings is 1. The van der Waals surface area contributed by atoms with Crippen LogP contribution in [-0.4, -0.2) is 48.4 Å². The SMILES string of the molecule is COC(=O)Nc1ccc(-c2cn(C(CC3CC3)c3ccc(-c4c(-n5cnnn5)ccc(Cl)c4F)c[n+]3[O-])nn2)cc1. The Kier molecular flexibility index (Phi) is 7.01. The number of benzene rings is 2. The van der Waals surface area contributed by atoms with Gasteiger partial charge in [-0.1, -0.05) is 41.8 Å². The van der Waals surface area contributed by atoms with E-state index in [0.717, 1.165) is 23.1 Å². The Morgan fingerprint density at radius 3 is 2.63 bits per heavy atom. The number of nitrogens with one attached hydrogen (secondary N) is 1. The first-order chi connectivity index (χ1) is 19.9. The zero-order valence-corrected chi connectivity index (χ0v) is 22.4. The third kappa shape index (κ3) is 5.43. The molecule has 0 aliphatic heterocycles. The van der Waals surface area contributed by atoms with Crippen molar-refractivity contribution in [2.45, 2.75) is 25.3 Å². The van der Waals surface area contributed by atoms with Gasteiger partial charge in [-0.05, 0) is 53.1 Å². The molecule has 1 N–H and O–H groups in total. The molecule has 208 valence electrons. The van der Waals surface area contributed by atoms with Gasteiger partial charge in [0.25, 0.3) is 0 Å². The maximum Gasteiger partial charge on any atom is 0.411 e. The Bertz CT molecular complexity index is 1710. The molecular formula is C27H23ClFN9O3. The van der Waals surface area contributed by atoms with Crippen molar-refractivity contribution in [1.29, 1.82) is 0 Å². The van der Waals surface area contributed by atoms with Gasteiger partial charge in [-0.3, -0.25) is 5.32 Å². The third-order valence-corrected chi connectivity index (χ3v) is 7.23. The van der Waals surface area contributed by atoms with Gasteiger partial charge in [0.15, 0.2) is 12.0 Å². The predicted octanol–water partition coefficient (Wildman–Crippen LogP) is 4.58. The van der Waals surface area contributed by atoms with Crippen LogP contribution in [0.15, 0.2) is 67.3 Å². The van der Waals surface area contributed by atoms with Gasteiger partial charge in [0.05, 0.1) is 35.1 Å². The quantitative estimate of drug-likeness (QED) is 0.209. The van der Waals surface area contributed by atoms with Gasteiger partial charge in [-0.25, -0.2) is 13.9 Å². The summed E-state index contributed by atoms with van der Waals surface area (Å²) in [7, 11) is 1.29. The van der Waals surface area contributed by atoms with Crippen LogP contribution in [0.2, 0.25) is 5.02 Å². The molecule has 1 fully saturated rings. The van der Waals surface area contributed by atoms with Crippen LogP contribution in [0.25, 0.3) is 28.1 Å². The van der Waals surface area contributed by atoms with Crippen molar-refractivity contribution in [2.24, 2.45) is 5.92 Å². The minimum absolute atomic E-state index is 0.0887. The van der Waals surface area contributed by atoms with Crippen LogP contribution in [0.1, 0.15) is 31.0 Å². The molecule has 0 bridgehead atoms. The summed E-state index contributed by atoms with van der Waals surface area (Å²) in [5, 5.41) is 35.8. The van der Waals surface area contributed by atoms with Crippen molar-refractivity contribution in [3.05, 3.63) is 89.0 Å². The van der Waals surface area contributed by atoms with Crippen LogP contribution in [0.4, 0.5) is 14.9 Å². The number of hydrogen-bond acceptors (Lipinski definition) is 8. The molecule has 0 saturated heterocycles. The first-order valence-corrected chi connectivity index (χ1v) is 13.1. The number of anilines is 1. The van der Waals surface area contributed by atoms with Gasteiger partial charge >= 0.3 is 6.09 Å². The van der Waals surface area contributed by atoms with E-state index < -0.39 is 18.0 Å². The molecule has 14 heteroatoms. The number of rotatable bonds is 8. The zero-order chi connectivity index (χ0) is 28.5. The molecule has 1 aliphatic rings. The van der Waals surface area contributed by atoms with E-state index in [0.29, 0.717) is 40.7 Å². The number of aromatic nitrogens is 8. The molecule has 1 amide bonds. The number of halogens is 2. The van der Waals surface area contributed by atoms with Crippen molar-refractivity contribution in [3.63, 3.8) is 0 Å². The highest BCUT2D eigenvalue weighted by Crippen LogP contribution is 2.39. The average Bonchev–Trinajstić information content (AvgIpc) is 3.41. The molecule has 1 aliphatic carbocycles. The monoisotopic (exact) mass is 575 g/mol. The lowest BCUT2D eigenvalue weighted by Gasteiger charge is -2.17. The van der Waals surface area contributed by atoms with Gasteiger partial charge in [0, 0.05) is 17.3 Å². The Labute approximate surface area is 237 Å². The van der Waals surface area contributed by atoms with E-state index in [4.69, 9.17) is 11.6 Å². The van der Waals surface area contributed by atoms with Gasteiger partial charge in [0.1, 0.15) is 18.1 Å². The number of ether oxygens (including phenoxy) is 1. The fraction of sp³-hybridized carbons (Fsp3) is 0.222. The Hall–Kier alpha value is -4.91. The van der Waals surface area contributed by atoms with Crippen LogP contribution < -0.4 is 10.0 Å². The summed E-state index contributed by atoms with van der Waals surface area (Å²) in [5.74, 6) is -0.219. The van der Waals surface area contributed by atoms with E-state index in [1.54, 1.807) is 53.3 Å². The lowest BCUT2D eigenvalue weighted by atomic mass is 10.0. The van der Waals surface area contributed by atoms with Crippen LogP contribution >= 0.6 is 11.6 Å².